The number of hydrogen-bond donors (Lipinski definition) is 1. The predicted octanol–water partition coefficient (Wildman–Crippen LogP) is 2.29. The van der Waals surface area contributed by atoms with Crippen LogP contribution in [0.3, 0.4) is 0 Å². The third-order valence-corrected chi connectivity index (χ3v) is 2.53. The van der Waals surface area contributed by atoms with Crippen LogP contribution in [0.1, 0.15) is 25.7 Å². The van der Waals surface area contributed by atoms with E-state index in [-0.39, 0.29) is 0 Å². The van der Waals surface area contributed by atoms with Crippen molar-refractivity contribution in [2.75, 3.05) is 0 Å². The summed E-state index contributed by atoms with van der Waals surface area (Å²) in [6.45, 7) is 0. The summed E-state index contributed by atoms with van der Waals surface area (Å²) in [7, 11) is 0. The highest BCUT2D eigenvalue weighted by Gasteiger charge is 2.15. The quantitative estimate of drug-likeness (QED) is 0.712. The normalized spacial score (nSPS) is 19.3. The molecule has 0 spiro atoms. The second-order valence-corrected chi connectivity index (χ2v) is 3.35. The van der Waals surface area contributed by atoms with Crippen molar-refractivity contribution in [3.63, 3.8) is 0 Å². The van der Waals surface area contributed by atoms with E-state index >= 15 is 0 Å². The van der Waals surface area contributed by atoms with Crippen molar-refractivity contribution in [1.29, 1.82) is 0 Å². The van der Waals surface area contributed by atoms with Crippen molar-refractivity contribution < 1.29 is 9.90 Å². The van der Waals surface area contributed by atoms with E-state index in [1.54, 1.807) is 0 Å². The minimum Gasteiger partial charge on any atom is -0.478 e. The van der Waals surface area contributed by atoms with E-state index in [0.29, 0.717) is 5.57 Å². The zero-order valence-electron chi connectivity index (χ0n) is 5.56. The Morgan fingerprint density at radius 2 is 2.00 bits per heavy atom. The lowest BCUT2D eigenvalue weighted by Gasteiger charge is -2.11. The smallest absolute Gasteiger partial charge is 0.332 e. The lowest BCUT2D eigenvalue weighted by atomic mass is 10.00. The Morgan fingerprint density at radius 3 is 2.40 bits per heavy atom. The first-order valence-corrected chi connectivity index (χ1v) is 4.12. The van der Waals surface area contributed by atoms with Gasteiger partial charge in [-0.15, -0.1) is 0 Å². The molecule has 1 aliphatic carbocycles. The number of halogens is 1. The maximum Gasteiger partial charge on any atom is 0.332 e. The van der Waals surface area contributed by atoms with Gasteiger partial charge < -0.3 is 5.11 Å². The minimum atomic E-state index is -0.772. The summed E-state index contributed by atoms with van der Waals surface area (Å²) in [5.41, 5.74) is 0.561. The van der Waals surface area contributed by atoms with Crippen molar-refractivity contribution in [3.8, 4) is 0 Å². The van der Waals surface area contributed by atoms with Gasteiger partial charge in [0.1, 0.15) is 0 Å². The first kappa shape index (κ1) is 7.79. The lowest BCUT2D eigenvalue weighted by molar-refractivity contribution is -0.132. The zero-order valence-corrected chi connectivity index (χ0v) is 7.15. The standard InChI is InChI=1S/C7H9BrO2/c8-6-4-2-1-3-5(6)7(9)10/h1-4H2,(H,9,10). The molecule has 0 unspecified atom stereocenters. The predicted molar refractivity (Wildman–Crippen MR) is 42.1 cm³/mol. The van der Waals surface area contributed by atoms with Crippen LogP contribution in [0.2, 0.25) is 0 Å². The number of carboxylic acid groups (broad SMARTS) is 1. The summed E-state index contributed by atoms with van der Waals surface area (Å²) in [6.07, 6.45) is 3.73. The fourth-order valence-corrected chi connectivity index (χ4v) is 1.74. The molecule has 0 aromatic carbocycles. The van der Waals surface area contributed by atoms with Gasteiger partial charge in [-0.2, -0.15) is 0 Å². The molecule has 0 saturated heterocycles. The van der Waals surface area contributed by atoms with Gasteiger partial charge in [0, 0.05) is 10.1 Å². The SMILES string of the molecule is O=C(O)C1=C(Br)CCCC1. The fraction of sp³-hybridized carbons (Fsp3) is 0.571. The number of aliphatic carboxylic acids is 1. The van der Waals surface area contributed by atoms with Crippen LogP contribution in [0.5, 0.6) is 0 Å². The molecule has 0 aromatic heterocycles. The molecule has 0 saturated carbocycles. The van der Waals surface area contributed by atoms with Crippen molar-refractivity contribution >= 4 is 21.9 Å². The van der Waals surface area contributed by atoms with Crippen molar-refractivity contribution in [1.82, 2.24) is 0 Å². The van der Waals surface area contributed by atoms with Gasteiger partial charge in [0.15, 0.2) is 0 Å². The Balaban J connectivity index is 2.78. The van der Waals surface area contributed by atoms with Gasteiger partial charge in [-0.25, -0.2) is 4.79 Å². The summed E-state index contributed by atoms with van der Waals surface area (Å²) in [6, 6.07) is 0. The Bertz CT molecular complexity index is 184. The molecule has 0 atom stereocenters. The number of allylic oxidation sites excluding steroid dienone is 1. The average molecular weight is 205 g/mol. The van der Waals surface area contributed by atoms with E-state index in [2.05, 4.69) is 15.9 Å². The largest absolute Gasteiger partial charge is 0.478 e. The second kappa shape index (κ2) is 3.19. The second-order valence-electron chi connectivity index (χ2n) is 2.40. The molecular weight excluding hydrogens is 196 g/mol. The molecule has 0 aromatic rings. The van der Waals surface area contributed by atoms with Crippen LogP contribution in [-0.4, -0.2) is 11.1 Å². The van der Waals surface area contributed by atoms with Gasteiger partial charge in [-0.1, -0.05) is 15.9 Å². The van der Waals surface area contributed by atoms with E-state index in [4.69, 9.17) is 5.11 Å². The summed E-state index contributed by atoms with van der Waals surface area (Å²) < 4.78 is 0.881. The van der Waals surface area contributed by atoms with Gasteiger partial charge in [0.05, 0.1) is 0 Å². The molecule has 0 amide bonds. The van der Waals surface area contributed by atoms with Gasteiger partial charge in [-0.05, 0) is 25.7 Å². The minimum absolute atomic E-state index is 0.561. The van der Waals surface area contributed by atoms with Crippen LogP contribution >= 0.6 is 15.9 Å². The maximum absolute atomic E-state index is 10.5. The highest BCUT2D eigenvalue weighted by atomic mass is 79.9. The Hall–Kier alpha value is -0.310. The van der Waals surface area contributed by atoms with Crippen LogP contribution in [0.4, 0.5) is 0 Å². The molecule has 0 bridgehead atoms. The van der Waals surface area contributed by atoms with Crippen LogP contribution in [-0.2, 0) is 4.79 Å². The molecular formula is C7H9BrO2. The lowest BCUT2D eigenvalue weighted by Crippen LogP contribution is -2.06. The summed E-state index contributed by atoms with van der Waals surface area (Å²) in [5.74, 6) is -0.772. The number of carbonyl (C=O) groups is 1. The molecule has 2 nitrogen and oxygen atoms in total. The number of hydrogen-bond acceptors (Lipinski definition) is 1. The molecule has 0 fully saturated rings. The monoisotopic (exact) mass is 204 g/mol. The summed E-state index contributed by atoms with van der Waals surface area (Å²) >= 11 is 3.25. The molecule has 0 aliphatic heterocycles. The molecule has 1 aliphatic rings. The molecule has 1 rings (SSSR count). The zero-order chi connectivity index (χ0) is 7.56. The number of carboxylic acids is 1. The highest BCUT2D eigenvalue weighted by Crippen LogP contribution is 2.28. The van der Waals surface area contributed by atoms with E-state index < -0.39 is 5.97 Å². The summed E-state index contributed by atoms with van der Waals surface area (Å²) in [4.78, 5) is 10.5. The maximum atomic E-state index is 10.5. The van der Waals surface area contributed by atoms with Crippen molar-refractivity contribution in [3.05, 3.63) is 10.1 Å². The fourth-order valence-electron chi connectivity index (χ4n) is 1.09. The molecule has 0 heterocycles. The van der Waals surface area contributed by atoms with E-state index in [1.165, 1.54) is 0 Å². The van der Waals surface area contributed by atoms with Crippen molar-refractivity contribution in [2.24, 2.45) is 0 Å². The van der Waals surface area contributed by atoms with Crippen LogP contribution in [0, 0.1) is 0 Å². The van der Waals surface area contributed by atoms with E-state index in [1.807, 2.05) is 0 Å². The van der Waals surface area contributed by atoms with Crippen molar-refractivity contribution in [2.45, 2.75) is 25.7 Å². The molecule has 1 N–H and O–H groups in total. The third-order valence-electron chi connectivity index (χ3n) is 1.66. The molecule has 10 heavy (non-hydrogen) atoms. The van der Waals surface area contributed by atoms with Crippen LogP contribution in [0.25, 0.3) is 0 Å². The Morgan fingerprint density at radius 1 is 1.40 bits per heavy atom. The number of rotatable bonds is 1. The molecule has 56 valence electrons. The van der Waals surface area contributed by atoms with Gasteiger partial charge in [0.25, 0.3) is 0 Å². The first-order valence-electron chi connectivity index (χ1n) is 3.32. The van der Waals surface area contributed by atoms with Gasteiger partial charge >= 0.3 is 5.97 Å². The van der Waals surface area contributed by atoms with Gasteiger partial charge in [-0.3, -0.25) is 0 Å². The Kier molecular flexibility index (Phi) is 2.49. The topological polar surface area (TPSA) is 37.3 Å². The molecule has 0 radical (unpaired) electrons. The molecule has 3 heteroatoms. The Labute approximate surface area is 68.1 Å². The van der Waals surface area contributed by atoms with E-state index in [0.717, 1.165) is 30.2 Å². The average Bonchev–Trinajstić information content (AvgIpc) is 1.88. The first-order chi connectivity index (χ1) is 4.72. The van der Waals surface area contributed by atoms with Crippen LogP contribution < -0.4 is 0 Å². The summed E-state index contributed by atoms with van der Waals surface area (Å²) in [5, 5.41) is 8.62. The van der Waals surface area contributed by atoms with Crippen LogP contribution in [0.15, 0.2) is 10.1 Å². The van der Waals surface area contributed by atoms with E-state index in [9.17, 15) is 4.79 Å². The van der Waals surface area contributed by atoms with Gasteiger partial charge in [0.2, 0.25) is 0 Å². The third kappa shape index (κ3) is 1.59. The highest BCUT2D eigenvalue weighted by molar-refractivity contribution is 9.11.